The summed E-state index contributed by atoms with van der Waals surface area (Å²) < 4.78 is 0. The highest BCUT2D eigenvalue weighted by Crippen LogP contribution is 2.28. The summed E-state index contributed by atoms with van der Waals surface area (Å²) in [6.07, 6.45) is 12.2. The molecule has 2 heteroatoms. The van der Waals surface area contributed by atoms with Crippen LogP contribution in [0.4, 0.5) is 0 Å². The van der Waals surface area contributed by atoms with Crippen molar-refractivity contribution in [2.24, 2.45) is 5.92 Å². The van der Waals surface area contributed by atoms with Gasteiger partial charge >= 0.3 is 0 Å². The van der Waals surface area contributed by atoms with Crippen LogP contribution >= 0.6 is 0 Å². The van der Waals surface area contributed by atoms with Gasteiger partial charge in [0.15, 0.2) is 0 Å². The molecule has 1 amide bonds. The minimum absolute atomic E-state index is 0.171. The lowest BCUT2D eigenvalue weighted by Gasteiger charge is -2.31. The maximum absolute atomic E-state index is 11.7. The molecule has 1 aliphatic heterocycles. The van der Waals surface area contributed by atoms with Gasteiger partial charge in [-0.3, -0.25) is 4.79 Å². The van der Waals surface area contributed by atoms with Crippen LogP contribution in [0.3, 0.4) is 0 Å². The SMILES string of the molecule is C#CC1CC(=O)N(C2CCCCC2)C1. The van der Waals surface area contributed by atoms with E-state index in [9.17, 15) is 4.79 Å². The molecule has 1 aliphatic carbocycles. The Morgan fingerprint density at radius 3 is 2.57 bits per heavy atom. The number of hydrogen-bond donors (Lipinski definition) is 0. The zero-order valence-electron chi connectivity index (χ0n) is 8.54. The zero-order chi connectivity index (χ0) is 9.97. The van der Waals surface area contributed by atoms with E-state index in [0.717, 1.165) is 6.54 Å². The summed E-state index contributed by atoms with van der Waals surface area (Å²) in [5, 5.41) is 0. The van der Waals surface area contributed by atoms with E-state index in [0.29, 0.717) is 12.5 Å². The molecule has 14 heavy (non-hydrogen) atoms. The first kappa shape index (κ1) is 9.58. The maximum Gasteiger partial charge on any atom is 0.224 e. The Bertz CT molecular complexity index is 260. The van der Waals surface area contributed by atoms with E-state index >= 15 is 0 Å². The van der Waals surface area contributed by atoms with Crippen molar-refractivity contribution in [2.75, 3.05) is 6.54 Å². The fraction of sp³-hybridized carbons (Fsp3) is 0.750. The minimum Gasteiger partial charge on any atom is -0.338 e. The van der Waals surface area contributed by atoms with Crippen molar-refractivity contribution in [3.8, 4) is 12.3 Å². The second-order valence-corrected chi connectivity index (χ2v) is 4.41. The number of carbonyl (C=O) groups is 1. The van der Waals surface area contributed by atoms with Crippen molar-refractivity contribution in [1.29, 1.82) is 0 Å². The zero-order valence-corrected chi connectivity index (χ0v) is 8.54. The average Bonchev–Trinajstić information content (AvgIpc) is 2.61. The predicted molar refractivity (Wildman–Crippen MR) is 55.5 cm³/mol. The summed E-state index contributed by atoms with van der Waals surface area (Å²) in [5.74, 6) is 3.15. The van der Waals surface area contributed by atoms with Gasteiger partial charge in [-0.2, -0.15) is 0 Å². The molecule has 2 aliphatic rings. The molecule has 1 unspecified atom stereocenters. The van der Waals surface area contributed by atoms with Gasteiger partial charge in [-0.15, -0.1) is 12.3 Å². The lowest BCUT2D eigenvalue weighted by molar-refractivity contribution is -0.130. The average molecular weight is 191 g/mol. The van der Waals surface area contributed by atoms with Crippen LogP contribution in [0.5, 0.6) is 0 Å². The Labute approximate surface area is 85.7 Å². The molecular weight excluding hydrogens is 174 g/mol. The van der Waals surface area contributed by atoms with Crippen molar-refractivity contribution < 1.29 is 4.79 Å². The summed E-state index contributed by atoms with van der Waals surface area (Å²) in [7, 11) is 0. The highest BCUT2D eigenvalue weighted by molar-refractivity contribution is 5.79. The second kappa shape index (κ2) is 4.04. The Kier molecular flexibility index (Phi) is 2.77. The van der Waals surface area contributed by atoms with Gasteiger partial charge in [0.05, 0.1) is 0 Å². The molecule has 1 heterocycles. The van der Waals surface area contributed by atoms with Gasteiger partial charge in [-0.25, -0.2) is 0 Å². The summed E-state index contributed by atoms with van der Waals surface area (Å²) in [4.78, 5) is 13.7. The van der Waals surface area contributed by atoms with Gasteiger partial charge in [0, 0.05) is 24.9 Å². The van der Waals surface area contributed by atoms with E-state index in [4.69, 9.17) is 6.42 Å². The first-order chi connectivity index (χ1) is 6.81. The Morgan fingerprint density at radius 1 is 1.29 bits per heavy atom. The molecule has 0 aromatic heterocycles. The van der Waals surface area contributed by atoms with Crippen LogP contribution in [-0.2, 0) is 4.79 Å². The third-order valence-corrected chi connectivity index (χ3v) is 3.41. The molecule has 0 bridgehead atoms. The van der Waals surface area contributed by atoms with Crippen molar-refractivity contribution in [3.05, 3.63) is 0 Å². The highest BCUT2D eigenvalue weighted by atomic mass is 16.2. The summed E-state index contributed by atoms with van der Waals surface area (Å²) in [5.41, 5.74) is 0. The smallest absolute Gasteiger partial charge is 0.224 e. The topological polar surface area (TPSA) is 20.3 Å². The molecule has 76 valence electrons. The Morgan fingerprint density at radius 2 is 2.00 bits per heavy atom. The van der Waals surface area contributed by atoms with Crippen LogP contribution in [0.15, 0.2) is 0 Å². The lowest BCUT2D eigenvalue weighted by Crippen LogP contribution is -2.37. The standard InChI is InChI=1S/C12H17NO/c1-2-10-8-12(14)13(9-10)11-6-4-3-5-7-11/h1,10-11H,3-9H2. The first-order valence-electron chi connectivity index (χ1n) is 5.57. The summed E-state index contributed by atoms with van der Waals surface area (Å²) in [6, 6.07) is 0.495. The molecule has 1 saturated heterocycles. The minimum atomic E-state index is 0.171. The van der Waals surface area contributed by atoms with Crippen LogP contribution in [0, 0.1) is 18.3 Å². The third kappa shape index (κ3) is 1.77. The fourth-order valence-corrected chi connectivity index (χ4v) is 2.59. The van der Waals surface area contributed by atoms with E-state index in [1.807, 2.05) is 4.90 Å². The second-order valence-electron chi connectivity index (χ2n) is 4.41. The Balaban J connectivity index is 1.97. The highest BCUT2D eigenvalue weighted by Gasteiger charge is 2.33. The number of rotatable bonds is 1. The van der Waals surface area contributed by atoms with E-state index in [1.165, 1.54) is 32.1 Å². The number of likely N-dealkylation sites (tertiary alicyclic amines) is 1. The van der Waals surface area contributed by atoms with Gasteiger partial charge in [-0.05, 0) is 12.8 Å². The number of amides is 1. The van der Waals surface area contributed by atoms with Gasteiger partial charge in [0.25, 0.3) is 0 Å². The van der Waals surface area contributed by atoms with Crippen molar-refractivity contribution in [2.45, 2.75) is 44.6 Å². The Hall–Kier alpha value is -0.970. The van der Waals surface area contributed by atoms with Crippen LogP contribution in [0.2, 0.25) is 0 Å². The monoisotopic (exact) mass is 191 g/mol. The maximum atomic E-state index is 11.7. The van der Waals surface area contributed by atoms with Crippen molar-refractivity contribution >= 4 is 5.91 Å². The van der Waals surface area contributed by atoms with E-state index < -0.39 is 0 Å². The fourth-order valence-electron chi connectivity index (χ4n) is 2.59. The number of terminal acetylenes is 1. The van der Waals surface area contributed by atoms with Crippen molar-refractivity contribution in [3.63, 3.8) is 0 Å². The molecule has 2 rings (SSSR count). The quantitative estimate of drug-likeness (QED) is 0.579. The van der Waals surface area contributed by atoms with Crippen LogP contribution in [-0.4, -0.2) is 23.4 Å². The first-order valence-corrected chi connectivity index (χ1v) is 5.57. The molecule has 2 fully saturated rings. The largest absolute Gasteiger partial charge is 0.338 e. The normalized spacial score (nSPS) is 29.2. The van der Waals surface area contributed by atoms with Gasteiger partial charge in [0.2, 0.25) is 5.91 Å². The van der Waals surface area contributed by atoms with Crippen LogP contribution < -0.4 is 0 Å². The molecule has 0 radical (unpaired) electrons. The summed E-state index contributed by atoms with van der Waals surface area (Å²) >= 11 is 0. The lowest BCUT2D eigenvalue weighted by atomic mass is 9.94. The summed E-state index contributed by atoms with van der Waals surface area (Å²) in [6.45, 7) is 0.806. The number of nitrogens with zero attached hydrogens (tertiary/aromatic N) is 1. The molecule has 1 atom stereocenters. The predicted octanol–water partition coefficient (Wildman–Crippen LogP) is 1.80. The number of hydrogen-bond acceptors (Lipinski definition) is 1. The molecule has 1 saturated carbocycles. The van der Waals surface area contributed by atoms with Crippen LogP contribution in [0.25, 0.3) is 0 Å². The molecule has 2 nitrogen and oxygen atoms in total. The van der Waals surface area contributed by atoms with E-state index in [2.05, 4.69) is 5.92 Å². The molecule has 0 N–H and O–H groups in total. The van der Waals surface area contributed by atoms with Crippen molar-refractivity contribution in [1.82, 2.24) is 4.90 Å². The van der Waals surface area contributed by atoms with Gasteiger partial charge < -0.3 is 4.90 Å². The van der Waals surface area contributed by atoms with Gasteiger partial charge in [0.1, 0.15) is 0 Å². The molecular formula is C12H17NO. The van der Waals surface area contributed by atoms with E-state index in [-0.39, 0.29) is 11.8 Å². The van der Waals surface area contributed by atoms with Gasteiger partial charge in [-0.1, -0.05) is 19.3 Å². The van der Waals surface area contributed by atoms with Crippen LogP contribution in [0.1, 0.15) is 38.5 Å². The molecule has 0 spiro atoms. The molecule has 0 aromatic carbocycles. The number of carbonyl (C=O) groups excluding carboxylic acids is 1. The third-order valence-electron chi connectivity index (χ3n) is 3.41. The molecule has 0 aromatic rings. The van der Waals surface area contributed by atoms with E-state index in [1.54, 1.807) is 0 Å².